The van der Waals surface area contributed by atoms with Crippen LogP contribution in [0.4, 0.5) is 0 Å². The van der Waals surface area contributed by atoms with Crippen LogP contribution in [0, 0.1) is 5.92 Å². The van der Waals surface area contributed by atoms with Gasteiger partial charge in [0, 0.05) is 31.1 Å². The molecule has 1 aliphatic rings. The van der Waals surface area contributed by atoms with Crippen LogP contribution in [0.1, 0.15) is 20.7 Å². The van der Waals surface area contributed by atoms with E-state index >= 15 is 0 Å². The van der Waals surface area contributed by atoms with Crippen molar-refractivity contribution in [2.45, 2.75) is 0 Å². The minimum atomic E-state index is -0.603. The molecule has 0 aromatic heterocycles. The van der Waals surface area contributed by atoms with Crippen LogP contribution in [0.15, 0.2) is 18.2 Å². The van der Waals surface area contributed by atoms with Gasteiger partial charge in [0.2, 0.25) is 0 Å². The lowest BCUT2D eigenvalue weighted by Crippen LogP contribution is -2.35. The highest BCUT2D eigenvalue weighted by atomic mass is 16.5. The summed E-state index contributed by atoms with van der Waals surface area (Å²) in [6.45, 7) is 3.47. The van der Waals surface area contributed by atoms with Gasteiger partial charge in [0.05, 0.1) is 25.9 Å². The molecule has 0 saturated carbocycles. The van der Waals surface area contributed by atoms with Crippen molar-refractivity contribution < 1.29 is 24.2 Å². The Kier molecular flexibility index (Phi) is 5.95. The van der Waals surface area contributed by atoms with E-state index in [0.717, 1.165) is 13.1 Å². The van der Waals surface area contributed by atoms with E-state index in [0.29, 0.717) is 19.8 Å². The summed E-state index contributed by atoms with van der Waals surface area (Å²) < 4.78 is 10.1. The van der Waals surface area contributed by atoms with E-state index < -0.39 is 5.97 Å². The maximum absolute atomic E-state index is 12.2. The Morgan fingerprint density at radius 3 is 2.87 bits per heavy atom. The van der Waals surface area contributed by atoms with Crippen molar-refractivity contribution in [3.63, 3.8) is 0 Å². The number of aromatic hydroxyl groups is 1. The summed E-state index contributed by atoms with van der Waals surface area (Å²) >= 11 is 0. The molecule has 1 unspecified atom stereocenters. The third-order valence-electron chi connectivity index (χ3n) is 3.69. The quantitative estimate of drug-likeness (QED) is 0.784. The number of nitrogens with zero attached hydrogens (tertiary/aromatic N) is 1. The molecule has 1 aromatic rings. The highest BCUT2D eigenvalue weighted by molar-refractivity contribution is 5.98. The lowest BCUT2D eigenvalue weighted by atomic mass is 10.1. The fraction of sp³-hybridized carbons (Fsp3) is 0.500. The molecule has 1 heterocycles. The largest absolute Gasteiger partial charge is 0.508 e. The molecule has 1 aromatic carbocycles. The van der Waals surface area contributed by atoms with Gasteiger partial charge in [-0.1, -0.05) is 0 Å². The number of hydrogen-bond donors (Lipinski definition) is 2. The highest BCUT2D eigenvalue weighted by Gasteiger charge is 2.18. The Hall–Kier alpha value is -2.12. The van der Waals surface area contributed by atoms with Crippen molar-refractivity contribution in [1.29, 1.82) is 0 Å². The molecular formula is C16H22N2O5. The number of phenols is 1. The van der Waals surface area contributed by atoms with Crippen molar-refractivity contribution >= 4 is 11.9 Å². The van der Waals surface area contributed by atoms with Gasteiger partial charge >= 0.3 is 5.97 Å². The normalized spacial score (nSPS) is 19.0. The number of amides is 1. The van der Waals surface area contributed by atoms with Gasteiger partial charge in [-0.2, -0.15) is 0 Å². The molecule has 0 bridgehead atoms. The van der Waals surface area contributed by atoms with Gasteiger partial charge in [-0.3, -0.25) is 4.79 Å². The molecule has 2 N–H and O–H groups in total. The first-order chi connectivity index (χ1) is 11.0. The number of phenolic OH excluding ortho intramolecular Hbond substituents is 1. The van der Waals surface area contributed by atoms with Gasteiger partial charge in [0.1, 0.15) is 5.75 Å². The SMILES string of the molecule is COC(=O)c1cc(O)cc(C(=O)NCC2COCCN(C)C2)c1. The molecular weight excluding hydrogens is 300 g/mol. The Morgan fingerprint density at radius 2 is 2.13 bits per heavy atom. The number of hydrogen-bond acceptors (Lipinski definition) is 6. The average molecular weight is 322 g/mol. The van der Waals surface area contributed by atoms with Crippen molar-refractivity contribution in [2.24, 2.45) is 5.92 Å². The summed E-state index contributed by atoms with van der Waals surface area (Å²) in [5.41, 5.74) is 0.350. The summed E-state index contributed by atoms with van der Waals surface area (Å²) in [6.07, 6.45) is 0. The Balaban J connectivity index is 2.00. The Labute approximate surface area is 135 Å². The smallest absolute Gasteiger partial charge is 0.338 e. The molecule has 1 amide bonds. The first-order valence-corrected chi connectivity index (χ1v) is 7.46. The van der Waals surface area contributed by atoms with Gasteiger partial charge in [0.15, 0.2) is 0 Å². The molecule has 23 heavy (non-hydrogen) atoms. The van der Waals surface area contributed by atoms with Crippen LogP contribution in [-0.4, -0.2) is 68.9 Å². The van der Waals surface area contributed by atoms with Crippen LogP contribution in [0.2, 0.25) is 0 Å². The maximum atomic E-state index is 12.2. The standard InChI is InChI=1S/C16H22N2O5/c1-18-3-4-23-10-11(9-18)8-17-15(20)12-5-13(16(21)22-2)7-14(19)6-12/h5-7,11,19H,3-4,8-10H2,1-2H3,(H,17,20). The molecule has 1 aliphatic heterocycles. The number of carbonyl (C=O) groups excluding carboxylic acids is 2. The summed E-state index contributed by atoms with van der Waals surface area (Å²) in [7, 11) is 3.26. The minimum Gasteiger partial charge on any atom is -0.508 e. The second-order valence-corrected chi connectivity index (χ2v) is 5.67. The monoisotopic (exact) mass is 322 g/mol. The lowest BCUT2D eigenvalue weighted by molar-refractivity contribution is 0.0600. The van der Waals surface area contributed by atoms with Crippen LogP contribution >= 0.6 is 0 Å². The average Bonchev–Trinajstić information content (AvgIpc) is 2.75. The summed E-state index contributed by atoms with van der Waals surface area (Å²) in [4.78, 5) is 25.9. The van der Waals surface area contributed by atoms with Crippen molar-refractivity contribution in [1.82, 2.24) is 10.2 Å². The van der Waals surface area contributed by atoms with Crippen LogP contribution in [0.25, 0.3) is 0 Å². The molecule has 0 spiro atoms. The summed E-state index contributed by atoms with van der Waals surface area (Å²) in [5, 5.41) is 12.5. The first kappa shape index (κ1) is 17.2. The molecule has 1 atom stereocenters. The van der Waals surface area contributed by atoms with Crippen LogP contribution in [-0.2, 0) is 9.47 Å². The van der Waals surface area contributed by atoms with Crippen molar-refractivity contribution in [2.75, 3.05) is 47.0 Å². The molecule has 7 heteroatoms. The van der Waals surface area contributed by atoms with Gasteiger partial charge in [-0.25, -0.2) is 4.79 Å². The number of carbonyl (C=O) groups is 2. The van der Waals surface area contributed by atoms with E-state index in [1.165, 1.54) is 25.3 Å². The molecule has 0 aliphatic carbocycles. The van der Waals surface area contributed by atoms with Crippen molar-refractivity contribution in [3.8, 4) is 5.75 Å². The summed E-state index contributed by atoms with van der Waals surface area (Å²) in [5.74, 6) is -0.911. The van der Waals surface area contributed by atoms with E-state index in [2.05, 4.69) is 15.0 Å². The highest BCUT2D eigenvalue weighted by Crippen LogP contribution is 2.17. The van der Waals surface area contributed by atoms with Gasteiger partial charge in [-0.15, -0.1) is 0 Å². The van der Waals surface area contributed by atoms with Crippen molar-refractivity contribution in [3.05, 3.63) is 29.3 Å². The zero-order valence-corrected chi connectivity index (χ0v) is 13.4. The van der Waals surface area contributed by atoms with Crippen LogP contribution in [0.3, 0.4) is 0 Å². The van der Waals surface area contributed by atoms with E-state index in [1.807, 2.05) is 7.05 Å². The lowest BCUT2D eigenvalue weighted by Gasteiger charge is -2.19. The van der Waals surface area contributed by atoms with Gasteiger partial charge < -0.3 is 24.8 Å². The maximum Gasteiger partial charge on any atom is 0.338 e. The second kappa shape index (κ2) is 7.94. The molecule has 7 nitrogen and oxygen atoms in total. The predicted octanol–water partition coefficient (Wildman–Crippen LogP) is 0.487. The fourth-order valence-electron chi connectivity index (χ4n) is 2.50. The number of methoxy groups -OCH3 is 1. The van der Waals surface area contributed by atoms with E-state index in [9.17, 15) is 14.7 Å². The number of nitrogens with one attached hydrogen (secondary N) is 1. The van der Waals surface area contributed by atoms with Crippen LogP contribution in [0.5, 0.6) is 5.75 Å². The molecule has 1 fully saturated rings. The Bertz CT molecular complexity index is 576. The molecule has 1 saturated heterocycles. The first-order valence-electron chi connectivity index (χ1n) is 7.46. The third-order valence-corrected chi connectivity index (χ3v) is 3.69. The second-order valence-electron chi connectivity index (χ2n) is 5.67. The third kappa shape index (κ3) is 4.94. The van der Waals surface area contributed by atoms with E-state index in [1.54, 1.807) is 0 Å². The van der Waals surface area contributed by atoms with E-state index in [-0.39, 0.29) is 28.7 Å². The molecule has 2 rings (SSSR count). The Morgan fingerprint density at radius 1 is 1.39 bits per heavy atom. The number of likely N-dealkylation sites (N-methyl/N-ethyl adjacent to an activating group) is 1. The summed E-state index contributed by atoms with van der Waals surface area (Å²) in [6, 6.07) is 3.98. The molecule has 0 radical (unpaired) electrons. The zero-order valence-electron chi connectivity index (χ0n) is 13.4. The minimum absolute atomic E-state index is 0.134. The number of esters is 1. The predicted molar refractivity (Wildman–Crippen MR) is 83.6 cm³/mol. The number of ether oxygens (including phenoxy) is 2. The molecule has 126 valence electrons. The zero-order chi connectivity index (χ0) is 16.8. The van der Waals surface area contributed by atoms with Crippen LogP contribution < -0.4 is 5.32 Å². The van der Waals surface area contributed by atoms with Gasteiger partial charge in [-0.05, 0) is 25.2 Å². The van der Waals surface area contributed by atoms with E-state index in [4.69, 9.17) is 4.74 Å². The fourth-order valence-corrected chi connectivity index (χ4v) is 2.50. The number of rotatable bonds is 4. The van der Waals surface area contributed by atoms with Gasteiger partial charge in [0.25, 0.3) is 5.91 Å². The number of benzene rings is 1. The topological polar surface area (TPSA) is 88.1 Å².